The summed E-state index contributed by atoms with van der Waals surface area (Å²) in [7, 11) is 0. The molecular formula is C40H25NOS. The van der Waals surface area contributed by atoms with Gasteiger partial charge in [0, 0.05) is 26.5 Å². The quantitative estimate of drug-likeness (QED) is 0.210. The second-order valence-electron chi connectivity index (χ2n) is 10.9. The number of fused-ring (bicyclic) bond motifs is 7. The van der Waals surface area contributed by atoms with Gasteiger partial charge in [0.1, 0.15) is 11.2 Å². The molecule has 0 aliphatic rings. The maximum Gasteiger partial charge on any atom is 0.137 e. The Morgan fingerprint density at radius 1 is 0.465 bits per heavy atom. The molecule has 202 valence electrons. The Balaban J connectivity index is 1.33. The summed E-state index contributed by atoms with van der Waals surface area (Å²) < 4.78 is 8.92. The van der Waals surface area contributed by atoms with Crippen LogP contribution in [-0.2, 0) is 0 Å². The molecule has 0 aliphatic heterocycles. The lowest BCUT2D eigenvalue weighted by Crippen LogP contribution is -2.10. The lowest BCUT2D eigenvalue weighted by Gasteiger charge is -2.27. The number of nitrogens with zero attached hydrogens (tertiary/aromatic N) is 1. The Morgan fingerprint density at radius 2 is 1.16 bits per heavy atom. The predicted molar refractivity (Wildman–Crippen MR) is 184 cm³/mol. The van der Waals surface area contributed by atoms with Gasteiger partial charge in [0.25, 0.3) is 0 Å². The summed E-state index contributed by atoms with van der Waals surface area (Å²) in [6, 6.07) is 54.3. The summed E-state index contributed by atoms with van der Waals surface area (Å²) in [5, 5.41) is 7.30. The first-order valence-corrected chi connectivity index (χ1v) is 15.3. The monoisotopic (exact) mass is 567 g/mol. The van der Waals surface area contributed by atoms with Gasteiger partial charge in [-0.05, 0) is 70.4 Å². The van der Waals surface area contributed by atoms with Crippen molar-refractivity contribution in [2.75, 3.05) is 4.90 Å². The summed E-state index contributed by atoms with van der Waals surface area (Å²) >= 11 is 1.85. The van der Waals surface area contributed by atoms with Crippen molar-refractivity contribution in [1.82, 2.24) is 0 Å². The standard InChI is InChI=1S/C40H25NOS/c1-2-11-27-24-29(23-22-26(27)10-1)28-12-7-13-30(25-28)41(34-17-9-20-37-39(34)33-15-3-5-19-36(33)42-37)35-18-8-16-32-31-14-4-6-21-38(31)43-40(32)35/h1-25H. The molecule has 7 aromatic carbocycles. The zero-order valence-electron chi connectivity index (χ0n) is 23.2. The third kappa shape index (κ3) is 3.86. The van der Waals surface area contributed by atoms with Gasteiger partial charge in [-0.15, -0.1) is 11.3 Å². The van der Waals surface area contributed by atoms with E-state index in [1.807, 2.05) is 17.4 Å². The summed E-state index contributed by atoms with van der Waals surface area (Å²) in [5.41, 5.74) is 7.53. The van der Waals surface area contributed by atoms with Crippen LogP contribution in [-0.4, -0.2) is 0 Å². The Labute approximate surface area is 252 Å². The smallest absolute Gasteiger partial charge is 0.137 e. The molecule has 0 aliphatic carbocycles. The average molecular weight is 568 g/mol. The Bertz CT molecular complexity index is 2480. The normalized spacial score (nSPS) is 11.7. The van der Waals surface area contributed by atoms with Crippen molar-refractivity contribution in [2.24, 2.45) is 0 Å². The van der Waals surface area contributed by atoms with Crippen LogP contribution in [0.4, 0.5) is 17.1 Å². The molecule has 0 saturated heterocycles. The van der Waals surface area contributed by atoms with Crippen LogP contribution in [0.3, 0.4) is 0 Å². The highest BCUT2D eigenvalue weighted by Gasteiger charge is 2.22. The van der Waals surface area contributed by atoms with Gasteiger partial charge in [-0.3, -0.25) is 0 Å². The van der Waals surface area contributed by atoms with Crippen LogP contribution in [0.25, 0.3) is 64.0 Å². The summed E-state index contributed by atoms with van der Waals surface area (Å²) in [6.45, 7) is 0. The summed E-state index contributed by atoms with van der Waals surface area (Å²) in [6.07, 6.45) is 0. The van der Waals surface area contributed by atoms with Crippen LogP contribution in [0.2, 0.25) is 0 Å². The summed E-state index contributed by atoms with van der Waals surface area (Å²) in [4.78, 5) is 2.42. The molecule has 0 radical (unpaired) electrons. The minimum atomic E-state index is 0.887. The summed E-state index contributed by atoms with van der Waals surface area (Å²) in [5.74, 6) is 0. The second-order valence-corrected chi connectivity index (χ2v) is 12.0. The number of thiophene rings is 1. The first kappa shape index (κ1) is 24.2. The number of rotatable bonds is 4. The van der Waals surface area contributed by atoms with Crippen molar-refractivity contribution in [3.63, 3.8) is 0 Å². The molecular weight excluding hydrogens is 543 g/mol. The van der Waals surface area contributed by atoms with Crippen LogP contribution in [0, 0.1) is 0 Å². The molecule has 0 fully saturated rings. The first-order chi connectivity index (χ1) is 21.3. The van der Waals surface area contributed by atoms with E-state index in [0.717, 1.165) is 39.0 Å². The first-order valence-electron chi connectivity index (χ1n) is 14.5. The van der Waals surface area contributed by atoms with Gasteiger partial charge in [-0.25, -0.2) is 0 Å². The van der Waals surface area contributed by atoms with Crippen molar-refractivity contribution in [1.29, 1.82) is 0 Å². The van der Waals surface area contributed by atoms with Gasteiger partial charge in [-0.2, -0.15) is 0 Å². The molecule has 0 N–H and O–H groups in total. The Kier molecular flexibility index (Phi) is 5.40. The second kappa shape index (κ2) is 9.59. The van der Waals surface area contributed by atoms with E-state index in [2.05, 4.69) is 150 Å². The minimum absolute atomic E-state index is 0.887. The average Bonchev–Trinajstić information content (AvgIpc) is 3.64. The Hall–Kier alpha value is -5.38. The Morgan fingerprint density at radius 3 is 2.12 bits per heavy atom. The molecule has 43 heavy (non-hydrogen) atoms. The van der Waals surface area contributed by atoms with E-state index < -0.39 is 0 Å². The van der Waals surface area contributed by atoms with Crippen LogP contribution < -0.4 is 4.90 Å². The van der Waals surface area contributed by atoms with Gasteiger partial charge in [0.15, 0.2) is 0 Å². The van der Waals surface area contributed by atoms with Crippen LogP contribution >= 0.6 is 11.3 Å². The highest BCUT2D eigenvalue weighted by molar-refractivity contribution is 7.26. The molecule has 2 aromatic heterocycles. The fraction of sp³-hybridized carbons (Fsp3) is 0. The van der Waals surface area contributed by atoms with Crippen LogP contribution in [0.1, 0.15) is 0 Å². The lowest BCUT2D eigenvalue weighted by molar-refractivity contribution is 0.669. The largest absolute Gasteiger partial charge is 0.456 e. The fourth-order valence-electron chi connectivity index (χ4n) is 6.45. The van der Waals surface area contributed by atoms with E-state index in [0.29, 0.717) is 0 Å². The zero-order chi connectivity index (χ0) is 28.3. The molecule has 0 bridgehead atoms. The third-order valence-electron chi connectivity index (χ3n) is 8.43. The van der Waals surface area contributed by atoms with Crippen LogP contribution in [0.15, 0.2) is 156 Å². The number of furan rings is 1. The van der Waals surface area contributed by atoms with Gasteiger partial charge >= 0.3 is 0 Å². The van der Waals surface area contributed by atoms with E-state index in [4.69, 9.17) is 4.42 Å². The van der Waals surface area contributed by atoms with E-state index in [9.17, 15) is 0 Å². The number of para-hydroxylation sites is 1. The number of hydrogen-bond donors (Lipinski definition) is 0. The molecule has 9 rings (SSSR count). The number of anilines is 3. The molecule has 0 unspecified atom stereocenters. The van der Waals surface area contributed by atoms with Crippen molar-refractivity contribution >= 4 is 81.3 Å². The molecule has 3 heteroatoms. The SMILES string of the molecule is c1cc(-c2ccc3ccccc3c2)cc(N(c2cccc3c2sc2ccccc23)c2cccc3oc4ccccc4c23)c1. The maximum absolute atomic E-state index is 6.36. The van der Waals surface area contributed by atoms with Gasteiger partial charge in [-0.1, -0.05) is 103 Å². The molecule has 0 saturated carbocycles. The maximum atomic E-state index is 6.36. The van der Waals surface area contributed by atoms with E-state index >= 15 is 0 Å². The van der Waals surface area contributed by atoms with Crippen molar-refractivity contribution in [2.45, 2.75) is 0 Å². The molecule has 0 atom stereocenters. The topological polar surface area (TPSA) is 16.4 Å². The lowest BCUT2D eigenvalue weighted by atomic mass is 10.00. The number of benzene rings is 7. The highest BCUT2D eigenvalue weighted by Crippen LogP contribution is 2.48. The van der Waals surface area contributed by atoms with E-state index in [1.165, 1.54) is 42.1 Å². The van der Waals surface area contributed by atoms with Crippen molar-refractivity contribution in [3.8, 4) is 11.1 Å². The minimum Gasteiger partial charge on any atom is -0.456 e. The fourth-order valence-corrected chi connectivity index (χ4v) is 7.66. The van der Waals surface area contributed by atoms with Gasteiger partial charge in [0.05, 0.1) is 21.5 Å². The molecule has 0 spiro atoms. The van der Waals surface area contributed by atoms with Crippen molar-refractivity contribution in [3.05, 3.63) is 152 Å². The molecule has 2 heterocycles. The third-order valence-corrected chi connectivity index (χ3v) is 9.64. The predicted octanol–water partition coefficient (Wildman–Crippen LogP) is 12.2. The van der Waals surface area contributed by atoms with Gasteiger partial charge in [0.2, 0.25) is 0 Å². The van der Waals surface area contributed by atoms with E-state index in [1.54, 1.807) is 0 Å². The highest BCUT2D eigenvalue weighted by atomic mass is 32.1. The van der Waals surface area contributed by atoms with Crippen LogP contribution in [0.5, 0.6) is 0 Å². The molecule has 0 amide bonds. The number of hydrogen-bond acceptors (Lipinski definition) is 3. The van der Waals surface area contributed by atoms with E-state index in [-0.39, 0.29) is 0 Å². The van der Waals surface area contributed by atoms with Gasteiger partial charge < -0.3 is 9.32 Å². The zero-order valence-corrected chi connectivity index (χ0v) is 24.0. The molecule has 2 nitrogen and oxygen atoms in total. The molecule has 9 aromatic rings. The van der Waals surface area contributed by atoms with Crippen molar-refractivity contribution < 1.29 is 4.42 Å².